The van der Waals surface area contributed by atoms with Crippen LogP contribution in [0.2, 0.25) is 0 Å². The zero-order valence-corrected chi connectivity index (χ0v) is 12.4. The number of thioether (sulfide) groups is 2. The Morgan fingerprint density at radius 1 is 1.39 bits per heavy atom. The molecule has 96 valence electrons. The predicted octanol–water partition coefficient (Wildman–Crippen LogP) is 2.66. The predicted molar refractivity (Wildman–Crippen MR) is 77.4 cm³/mol. The highest BCUT2D eigenvalue weighted by Gasteiger charge is 2.14. The molecular weight excluding hydrogens is 288 g/mol. The molecule has 1 aromatic rings. The van der Waals surface area contributed by atoms with E-state index in [0.29, 0.717) is 4.38 Å². The molecule has 18 heavy (non-hydrogen) atoms. The largest absolute Gasteiger partial charge is 0.283 e. The van der Waals surface area contributed by atoms with Crippen LogP contribution in [-0.4, -0.2) is 24.8 Å². The summed E-state index contributed by atoms with van der Waals surface area (Å²) in [6.45, 7) is 1.88. The molecule has 0 aliphatic heterocycles. The molecule has 7 heteroatoms. The van der Waals surface area contributed by atoms with Crippen molar-refractivity contribution in [2.45, 2.75) is 11.8 Å². The van der Waals surface area contributed by atoms with Gasteiger partial charge in [0.2, 0.25) is 0 Å². The van der Waals surface area contributed by atoms with Crippen LogP contribution in [0, 0.1) is 18.3 Å². The fraction of sp³-hybridized carbons (Fsp3) is 0.273. The lowest BCUT2D eigenvalue weighted by atomic mass is 10.2. The minimum atomic E-state index is -3.68. The van der Waals surface area contributed by atoms with Gasteiger partial charge in [-0.2, -0.15) is 13.7 Å². The first-order chi connectivity index (χ1) is 8.49. The van der Waals surface area contributed by atoms with Gasteiger partial charge in [0.05, 0.1) is 16.7 Å². The van der Waals surface area contributed by atoms with Crippen molar-refractivity contribution in [1.82, 2.24) is 0 Å². The number of nitrogens with zero attached hydrogens (tertiary/aromatic N) is 2. The molecule has 0 spiro atoms. The van der Waals surface area contributed by atoms with Crippen LogP contribution in [0.3, 0.4) is 0 Å². The Morgan fingerprint density at radius 3 is 2.50 bits per heavy atom. The summed E-state index contributed by atoms with van der Waals surface area (Å²) in [7, 11) is -3.68. The highest BCUT2D eigenvalue weighted by Crippen LogP contribution is 2.20. The van der Waals surface area contributed by atoms with Crippen LogP contribution in [0.4, 0.5) is 0 Å². The highest BCUT2D eigenvalue weighted by atomic mass is 32.2. The summed E-state index contributed by atoms with van der Waals surface area (Å²) < 4.78 is 28.1. The van der Waals surface area contributed by atoms with Crippen LogP contribution >= 0.6 is 23.5 Å². The smallest absolute Gasteiger partial charge is 0.199 e. The molecule has 0 aromatic heterocycles. The van der Waals surface area contributed by atoms with Crippen molar-refractivity contribution in [2.24, 2.45) is 4.40 Å². The second-order valence-corrected chi connectivity index (χ2v) is 6.92. The van der Waals surface area contributed by atoms with Crippen LogP contribution < -0.4 is 0 Å². The molecule has 0 fully saturated rings. The first-order valence-electron chi connectivity index (χ1n) is 4.95. The van der Waals surface area contributed by atoms with E-state index in [0.717, 1.165) is 17.3 Å². The zero-order valence-electron chi connectivity index (χ0n) is 9.95. The monoisotopic (exact) mass is 300 g/mol. The maximum absolute atomic E-state index is 12.0. The van der Waals surface area contributed by atoms with Gasteiger partial charge in [0, 0.05) is 0 Å². The van der Waals surface area contributed by atoms with Crippen LogP contribution in [0.25, 0.3) is 0 Å². The molecule has 1 aromatic carbocycles. The van der Waals surface area contributed by atoms with Gasteiger partial charge in [-0.15, -0.1) is 16.2 Å². The lowest BCUT2D eigenvalue weighted by molar-refractivity contribution is 0.598. The molecule has 4 nitrogen and oxygen atoms in total. The molecule has 0 aliphatic rings. The van der Waals surface area contributed by atoms with Crippen molar-refractivity contribution in [3.05, 3.63) is 29.8 Å². The third kappa shape index (κ3) is 4.37. The third-order valence-electron chi connectivity index (χ3n) is 1.95. The first-order valence-corrected chi connectivity index (χ1v) is 8.60. The molecular formula is C11H12N2O2S3. The minimum Gasteiger partial charge on any atom is -0.199 e. The van der Waals surface area contributed by atoms with Gasteiger partial charge >= 0.3 is 0 Å². The Labute approximate surface area is 116 Å². The van der Waals surface area contributed by atoms with E-state index in [9.17, 15) is 8.42 Å². The van der Waals surface area contributed by atoms with Crippen molar-refractivity contribution in [1.29, 1.82) is 5.26 Å². The molecule has 1 rings (SSSR count). The Kier molecular flexibility index (Phi) is 5.72. The van der Waals surface area contributed by atoms with Crippen LogP contribution in [0.5, 0.6) is 0 Å². The summed E-state index contributed by atoms with van der Waals surface area (Å²) in [6, 6.07) is 8.45. The molecule has 0 N–H and O–H groups in total. The maximum atomic E-state index is 12.0. The molecule has 0 bridgehead atoms. The van der Waals surface area contributed by atoms with Crippen molar-refractivity contribution in [3.8, 4) is 6.07 Å². The fourth-order valence-corrected chi connectivity index (χ4v) is 3.79. The number of hydrogen-bond acceptors (Lipinski definition) is 5. The van der Waals surface area contributed by atoms with Gasteiger partial charge in [0.25, 0.3) is 10.0 Å². The second-order valence-electron chi connectivity index (χ2n) is 3.30. The average molecular weight is 300 g/mol. The van der Waals surface area contributed by atoms with E-state index in [2.05, 4.69) is 4.40 Å². The molecule has 0 atom stereocenters. The summed E-state index contributed by atoms with van der Waals surface area (Å²) in [5, 5.41) is 8.47. The standard InChI is InChI=1S/C11H12N2O2S3/c1-9-3-5-10(6-4-9)18(14,15)13-11(16-2)17-8-7-12/h3-6H,8H2,1-2H3/b13-11+. The van der Waals surface area contributed by atoms with Gasteiger partial charge in [0.1, 0.15) is 4.38 Å². The quantitative estimate of drug-likeness (QED) is 0.634. The molecule has 0 radical (unpaired) electrons. The van der Waals surface area contributed by atoms with E-state index in [1.807, 2.05) is 13.0 Å². The Morgan fingerprint density at radius 2 is 2.00 bits per heavy atom. The van der Waals surface area contributed by atoms with Crippen molar-refractivity contribution >= 4 is 37.9 Å². The Balaban J connectivity index is 3.03. The Bertz CT molecular complexity index is 571. The normalized spacial score (nSPS) is 12.2. The molecule has 0 heterocycles. The van der Waals surface area contributed by atoms with E-state index in [1.54, 1.807) is 18.4 Å². The summed E-state index contributed by atoms with van der Waals surface area (Å²) in [4.78, 5) is 0.164. The lowest BCUT2D eigenvalue weighted by Gasteiger charge is -2.02. The molecule has 0 saturated heterocycles. The number of nitriles is 1. The van der Waals surface area contributed by atoms with Gasteiger partial charge in [0.15, 0.2) is 0 Å². The highest BCUT2D eigenvalue weighted by molar-refractivity contribution is 8.39. The number of benzene rings is 1. The molecule has 0 aliphatic carbocycles. The fourth-order valence-electron chi connectivity index (χ4n) is 1.08. The first kappa shape index (κ1) is 15.1. The van der Waals surface area contributed by atoms with Crippen molar-refractivity contribution in [2.75, 3.05) is 12.0 Å². The number of aryl methyl sites for hydroxylation is 1. The molecule has 0 unspecified atom stereocenters. The number of hydrogen-bond donors (Lipinski definition) is 0. The summed E-state index contributed by atoms with van der Waals surface area (Å²) in [5.41, 5.74) is 0.988. The Hall–Kier alpha value is -0.970. The number of rotatable bonds is 3. The molecule has 0 amide bonds. The van der Waals surface area contributed by atoms with Crippen molar-refractivity contribution in [3.63, 3.8) is 0 Å². The van der Waals surface area contributed by atoms with Crippen LogP contribution in [-0.2, 0) is 10.0 Å². The second kappa shape index (κ2) is 6.83. The van der Waals surface area contributed by atoms with E-state index in [1.165, 1.54) is 23.9 Å². The molecule has 0 saturated carbocycles. The summed E-state index contributed by atoms with van der Waals surface area (Å²) in [6.07, 6.45) is 1.73. The minimum absolute atomic E-state index is 0.164. The van der Waals surface area contributed by atoms with Gasteiger partial charge in [-0.25, -0.2) is 0 Å². The van der Waals surface area contributed by atoms with E-state index in [4.69, 9.17) is 5.26 Å². The van der Waals surface area contributed by atoms with E-state index < -0.39 is 10.0 Å². The van der Waals surface area contributed by atoms with E-state index >= 15 is 0 Å². The van der Waals surface area contributed by atoms with Crippen LogP contribution in [0.1, 0.15) is 5.56 Å². The zero-order chi connectivity index (χ0) is 13.6. The van der Waals surface area contributed by atoms with Gasteiger partial charge < -0.3 is 0 Å². The lowest BCUT2D eigenvalue weighted by Crippen LogP contribution is -2.00. The average Bonchev–Trinajstić information content (AvgIpc) is 2.35. The topological polar surface area (TPSA) is 70.3 Å². The SMILES string of the molecule is CS/C(=N\S(=O)(=O)c1ccc(C)cc1)SCC#N. The maximum Gasteiger partial charge on any atom is 0.283 e. The summed E-state index contributed by atoms with van der Waals surface area (Å²) >= 11 is 2.34. The van der Waals surface area contributed by atoms with E-state index in [-0.39, 0.29) is 10.6 Å². The van der Waals surface area contributed by atoms with Gasteiger partial charge in [-0.1, -0.05) is 29.5 Å². The number of sulfonamides is 1. The van der Waals surface area contributed by atoms with Gasteiger partial charge in [-0.05, 0) is 25.3 Å². The summed E-state index contributed by atoms with van der Waals surface area (Å²) in [5.74, 6) is 0.184. The van der Waals surface area contributed by atoms with Crippen LogP contribution in [0.15, 0.2) is 33.6 Å². The van der Waals surface area contributed by atoms with Gasteiger partial charge in [-0.3, -0.25) is 0 Å². The third-order valence-corrected chi connectivity index (χ3v) is 5.38. The van der Waals surface area contributed by atoms with Crippen molar-refractivity contribution < 1.29 is 8.42 Å².